The van der Waals surface area contributed by atoms with Crippen molar-refractivity contribution in [2.75, 3.05) is 20.1 Å². The molecule has 0 saturated carbocycles. The zero-order valence-electron chi connectivity index (χ0n) is 13.3. The van der Waals surface area contributed by atoms with E-state index in [2.05, 4.69) is 11.8 Å². The number of allylic oxidation sites excluding steroid dienone is 1. The number of carbonyl (C=O) groups excluding carboxylic acids is 1. The van der Waals surface area contributed by atoms with E-state index in [0.717, 1.165) is 32.4 Å². The molecule has 1 saturated heterocycles. The maximum atomic E-state index is 12.4. The SMILES string of the molecule is CC=CC(C)C(O)(CCCC)C(=O)OC1CCN(C)C1. The number of ether oxygens (including phenoxy) is 1. The largest absolute Gasteiger partial charge is 0.459 e. The van der Waals surface area contributed by atoms with E-state index in [1.54, 1.807) is 0 Å². The second-order valence-electron chi connectivity index (χ2n) is 5.92. The van der Waals surface area contributed by atoms with E-state index in [4.69, 9.17) is 4.74 Å². The quantitative estimate of drug-likeness (QED) is 0.575. The summed E-state index contributed by atoms with van der Waals surface area (Å²) in [4.78, 5) is 14.6. The topological polar surface area (TPSA) is 49.8 Å². The number of likely N-dealkylation sites (tertiary alicyclic amines) is 1. The van der Waals surface area contributed by atoms with Crippen LogP contribution in [0.3, 0.4) is 0 Å². The van der Waals surface area contributed by atoms with Crippen molar-refractivity contribution < 1.29 is 14.6 Å². The van der Waals surface area contributed by atoms with Crippen LogP contribution < -0.4 is 0 Å². The van der Waals surface area contributed by atoms with Gasteiger partial charge in [0.15, 0.2) is 5.60 Å². The third-order valence-corrected chi connectivity index (χ3v) is 4.12. The third kappa shape index (κ3) is 4.32. The molecule has 3 atom stereocenters. The lowest BCUT2D eigenvalue weighted by atomic mass is 9.84. The Kier molecular flexibility index (Phi) is 6.69. The zero-order valence-corrected chi connectivity index (χ0v) is 13.3. The van der Waals surface area contributed by atoms with Crippen LogP contribution >= 0.6 is 0 Å². The molecule has 116 valence electrons. The molecule has 4 nitrogen and oxygen atoms in total. The summed E-state index contributed by atoms with van der Waals surface area (Å²) < 4.78 is 5.55. The van der Waals surface area contributed by atoms with E-state index in [1.807, 2.05) is 33.0 Å². The van der Waals surface area contributed by atoms with Crippen molar-refractivity contribution in [2.45, 2.75) is 58.2 Å². The molecule has 4 heteroatoms. The van der Waals surface area contributed by atoms with Crippen molar-refractivity contribution in [3.8, 4) is 0 Å². The molecular formula is C16H29NO3. The number of likely N-dealkylation sites (N-methyl/N-ethyl adjacent to an activating group) is 1. The van der Waals surface area contributed by atoms with Gasteiger partial charge in [0.2, 0.25) is 0 Å². The molecule has 0 aliphatic carbocycles. The molecule has 0 spiro atoms. The van der Waals surface area contributed by atoms with Gasteiger partial charge in [-0.15, -0.1) is 0 Å². The van der Waals surface area contributed by atoms with Crippen molar-refractivity contribution in [3.05, 3.63) is 12.2 Å². The lowest BCUT2D eigenvalue weighted by molar-refractivity contribution is -0.175. The maximum absolute atomic E-state index is 12.4. The van der Waals surface area contributed by atoms with Gasteiger partial charge in [0.25, 0.3) is 0 Å². The molecule has 1 aliphatic rings. The molecule has 0 radical (unpaired) electrons. The average Bonchev–Trinajstić information content (AvgIpc) is 2.81. The summed E-state index contributed by atoms with van der Waals surface area (Å²) >= 11 is 0. The number of unbranched alkanes of at least 4 members (excludes halogenated alkanes) is 1. The number of rotatable bonds is 7. The number of hydrogen-bond acceptors (Lipinski definition) is 4. The van der Waals surface area contributed by atoms with Crippen LogP contribution in [0, 0.1) is 5.92 Å². The highest BCUT2D eigenvalue weighted by Gasteiger charge is 2.42. The molecule has 1 aliphatic heterocycles. The normalized spacial score (nSPS) is 24.8. The lowest BCUT2D eigenvalue weighted by Crippen LogP contribution is -2.47. The summed E-state index contributed by atoms with van der Waals surface area (Å²) in [7, 11) is 2.01. The van der Waals surface area contributed by atoms with Crippen LogP contribution in [-0.4, -0.2) is 47.8 Å². The van der Waals surface area contributed by atoms with E-state index >= 15 is 0 Å². The van der Waals surface area contributed by atoms with Gasteiger partial charge in [0.1, 0.15) is 6.10 Å². The van der Waals surface area contributed by atoms with Gasteiger partial charge in [-0.3, -0.25) is 0 Å². The minimum Gasteiger partial charge on any atom is -0.459 e. The summed E-state index contributed by atoms with van der Waals surface area (Å²) in [5.41, 5.74) is -1.40. The lowest BCUT2D eigenvalue weighted by Gasteiger charge is -2.31. The van der Waals surface area contributed by atoms with Gasteiger partial charge >= 0.3 is 5.97 Å². The van der Waals surface area contributed by atoms with E-state index < -0.39 is 11.6 Å². The Bertz CT molecular complexity index is 343. The van der Waals surface area contributed by atoms with Crippen LogP contribution in [-0.2, 0) is 9.53 Å². The van der Waals surface area contributed by atoms with Crippen LogP contribution in [0.1, 0.15) is 46.5 Å². The first-order valence-electron chi connectivity index (χ1n) is 7.68. The number of carbonyl (C=O) groups is 1. The van der Waals surface area contributed by atoms with E-state index in [0.29, 0.717) is 6.42 Å². The highest BCUT2D eigenvalue weighted by Crippen LogP contribution is 2.28. The predicted octanol–water partition coefficient (Wildman–Crippen LogP) is 2.37. The molecule has 1 fully saturated rings. The summed E-state index contributed by atoms with van der Waals surface area (Å²) in [5, 5.41) is 10.8. The Morgan fingerprint density at radius 1 is 1.60 bits per heavy atom. The number of esters is 1. The molecule has 1 rings (SSSR count). The van der Waals surface area contributed by atoms with Crippen LogP contribution in [0.25, 0.3) is 0 Å². The van der Waals surface area contributed by atoms with Gasteiger partial charge in [0.05, 0.1) is 0 Å². The highest BCUT2D eigenvalue weighted by molar-refractivity contribution is 5.80. The van der Waals surface area contributed by atoms with Crippen LogP contribution in [0.15, 0.2) is 12.2 Å². The second-order valence-corrected chi connectivity index (χ2v) is 5.92. The number of nitrogens with zero attached hydrogens (tertiary/aromatic N) is 1. The van der Waals surface area contributed by atoms with Crippen molar-refractivity contribution in [2.24, 2.45) is 5.92 Å². The van der Waals surface area contributed by atoms with Crippen LogP contribution in [0.5, 0.6) is 0 Å². The smallest absolute Gasteiger partial charge is 0.339 e. The predicted molar refractivity (Wildman–Crippen MR) is 80.4 cm³/mol. The molecule has 20 heavy (non-hydrogen) atoms. The van der Waals surface area contributed by atoms with E-state index in [9.17, 15) is 9.90 Å². The Morgan fingerprint density at radius 2 is 2.30 bits per heavy atom. The third-order valence-electron chi connectivity index (χ3n) is 4.12. The molecule has 1 N–H and O–H groups in total. The maximum Gasteiger partial charge on any atom is 0.339 e. The first-order valence-corrected chi connectivity index (χ1v) is 7.68. The summed E-state index contributed by atoms with van der Waals surface area (Å²) in [6.07, 6.45) is 6.73. The van der Waals surface area contributed by atoms with Gasteiger partial charge in [-0.1, -0.05) is 38.8 Å². The first kappa shape index (κ1) is 17.2. The second kappa shape index (κ2) is 7.79. The number of aliphatic hydroxyl groups is 1. The Hall–Kier alpha value is -0.870. The van der Waals surface area contributed by atoms with Crippen molar-refractivity contribution in [3.63, 3.8) is 0 Å². The van der Waals surface area contributed by atoms with Crippen LogP contribution in [0.2, 0.25) is 0 Å². The van der Waals surface area contributed by atoms with Gasteiger partial charge in [0, 0.05) is 19.0 Å². The molecule has 0 amide bonds. The summed E-state index contributed by atoms with van der Waals surface area (Å²) in [5.74, 6) is -0.692. The fourth-order valence-electron chi connectivity index (χ4n) is 2.65. The minimum absolute atomic E-state index is 0.0848. The molecule has 0 aromatic carbocycles. The Balaban J connectivity index is 2.72. The minimum atomic E-state index is -1.40. The van der Waals surface area contributed by atoms with Gasteiger partial charge in [-0.2, -0.15) is 0 Å². The molecule has 0 bridgehead atoms. The van der Waals surface area contributed by atoms with Gasteiger partial charge in [-0.05, 0) is 26.8 Å². The molecule has 1 heterocycles. The molecular weight excluding hydrogens is 254 g/mol. The van der Waals surface area contributed by atoms with Crippen molar-refractivity contribution in [1.29, 1.82) is 0 Å². The van der Waals surface area contributed by atoms with Crippen molar-refractivity contribution in [1.82, 2.24) is 4.90 Å². The average molecular weight is 283 g/mol. The van der Waals surface area contributed by atoms with Crippen LogP contribution in [0.4, 0.5) is 0 Å². The first-order chi connectivity index (χ1) is 9.43. The molecule has 3 unspecified atom stereocenters. The molecule has 0 aromatic heterocycles. The number of hydrogen-bond donors (Lipinski definition) is 1. The standard InChI is InChI=1S/C16H29NO3/c1-5-7-10-16(19,13(3)8-6-2)15(18)20-14-9-11-17(4)12-14/h6,8,13-14,19H,5,7,9-12H2,1-4H3. The molecule has 0 aromatic rings. The monoisotopic (exact) mass is 283 g/mol. The van der Waals surface area contributed by atoms with Gasteiger partial charge < -0.3 is 14.7 Å². The summed E-state index contributed by atoms with van der Waals surface area (Å²) in [6, 6.07) is 0. The fourth-order valence-corrected chi connectivity index (χ4v) is 2.65. The Morgan fingerprint density at radius 3 is 2.80 bits per heavy atom. The van der Waals surface area contributed by atoms with E-state index in [-0.39, 0.29) is 12.0 Å². The summed E-state index contributed by atoms with van der Waals surface area (Å²) in [6.45, 7) is 7.52. The van der Waals surface area contributed by atoms with E-state index in [1.165, 1.54) is 0 Å². The zero-order chi connectivity index (χ0) is 15.2. The highest BCUT2D eigenvalue weighted by atomic mass is 16.6. The fraction of sp³-hybridized carbons (Fsp3) is 0.812. The van der Waals surface area contributed by atoms with Gasteiger partial charge in [-0.25, -0.2) is 4.79 Å². The Labute approximate surface area is 122 Å². The van der Waals surface area contributed by atoms with Crippen molar-refractivity contribution >= 4 is 5.97 Å².